The van der Waals surface area contributed by atoms with Crippen LogP contribution in [0.15, 0.2) is 12.2 Å². The van der Waals surface area contributed by atoms with Gasteiger partial charge in [0.15, 0.2) is 0 Å². The fraction of sp³-hybridized carbons (Fsp3) is 0.886. The van der Waals surface area contributed by atoms with Crippen LogP contribution in [0.3, 0.4) is 0 Å². The number of fused-ring (bicyclic) bond motifs is 7. The number of esters is 2. The number of hydrogen-bond acceptors (Lipinski definition) is 6. The topological polar surface area (TPSA) is 93.1 Å². The molecular formula is C35H56O6. The highest BCUT2D eigenvalue weighted by atomic mass is 16.5. The summed E-state index contributed by atoms with van der Waals surface area (Å²) < 4.78 is 11.6. The first-order valence-electron chi connectivity index (χ1n) is 16.4. The Labute approximate surface area is 248 Å². The lowest BCUT2D eigenvalue weighted by Crippen LogP contribution is -2.67. The Morgan fingerprint density at radius 1 is 0.878 bits per heavy atom. The number of aliphatic hydroxyl groups is 2. The lowest BCUT2D eigenvalue weighted by Gasteiger charge is -2.72. The number of ether oxygens (including phenoxy) is 2. The fourth-order valence-electron chi connectivity index (χ4n) is 12.3. The summed E-state index contributed by atoms with van der Waals surface area (Å²) in [6.45, 7) is 19.9. The Balaban J connectivity index is 1.48. The second kappa shape index (κ2) is 10.4. The van der Waals surface area contributed by atoms with Crippen LogP contribution < -0.4 is 0 Å². The second-order valence-electron chi connectivity index (χ2n) is 16.2. The molecule has 0 radical (unpaired) electrons. The monoisotopic (exact) mass is 572 g/mol. The molecule has 0 spiro atoms. The third-order valence-electron chi connectivity index (χ3n) is 14.3. The summed E-state index contributed by atoms with van der Waals surface area (Å²) in [5, 5.41) is 19.2. The van der Waals surface area contributed by atoms with Gasteiger partial charge in [-0.3, -0.25) is 9.59 Å². The van der Waals surface area contributed by atoms with E-state index in [1.54, 1.807) is 6.92 Å². The molecule has 0 aromatic carbocycles. The zero-order valence-electron chi connectivity index (χ0n) is 26.8. The zero-order valence-corrected chi connectivity index (χ0v) is 26.8. The van der Waals surface area contributed by atoms with E-state index in [2.05, 4.69) is 48.1 Å². The average Bonchev–Trinajstić information content (AvgIpc) is 3.30. The first-order chi connectivity index (χ1) is 19.1. The summed E-state index contributed by atoms with van der Waals surface area (Å²) in [4.78, 5) is 25.8. The number of allylic oxidation sites excluding steroid dienone is 1. The first kappa shape index (κ1) is 31.0. The van der Waals surface area contributed by atoms with Gasteiger partial charge in [-0.2, -0.15) is 0 Å². The molecule has 0 saturated heterocycles. The molecule has 6 nitrogen and oxygen atoms in total. The molecular weight excluding hydrogens is 516 g/mol. The van der Waals surface area contributed by atoms with Crippen LogP contribution in [0.25, 0.3) is 0 Å². The first-order valence-corrected chi connectivity index (χ1v) is 16.4. The van der Waals surface area contributed by atoms with Crippen LogP contribution in [0.4, 0.5) is 0 Å². The van der Waals surface area contributed by atoms with Gasteiger partial charge in [-0.05, 0) is 117 Å². The Hall–Kier alpha value is -1.40. The molecule has 232 valence electrons. The van der Waals surface area contributed by atoms with Crippen LogP contribution in [0.1, 0.15) is 113 Å². The molecule has 5 aliphatic carbocycles. The molecule has 2 N–H and O–H groups in total. The van der Waals surface area contributed by atoms with E-state index in [0.29, 0.717) is 23.7 Å². The Kier molecular flexibility index (Phi) is 7.84. The number of hydrogen-bond donors (Lipinski definition) is 2. The van der Waals surface area contributed by atoms with Crippen LogP contribution in [-0.4, -0.2) is 47.6 Å². The van der Waals surface area contributed by atoms with Crippen LogP contribution in [-0.2, 0) is 19.1 Å². The van der Waals surface area contributed by atoms with Gasteiger partial charge < -0.3 is 19.7 Å². The molecule has 11 atom stereocenters. The normalized spacial score (nSPS) is 47.1. The largest absolute Gasteiger partial charge is 0.462 e. The Bertz CT molecular complexity index is 1070. The maximum Gasteiger partial charge on any atom is 0.312 e. The van der Waals surface area contributed by atoms with Crippen LogP contribution in [0, 0.1) is 56.7 Å². The maximum absolute atomic E-state index is 13.9. The zero-order chi connectivity index (χ0) is 30.2. The maximum atomic E-state index is 13.9. The number of aliphatic hydroxyl groups excluding tert-OH is 2. The molecule has 5 fully saturated rings. The molecule has 0 amide bonds. The highest BCUT2D eigenvalue weighted by Gasteiger charge is 2.72. The number of carbonyl (C=O) groups excluding carboxylic acids is 2. The van der Waals surface area contributed by atoms with Crippen LogP contribution >= 0.6 is 0 Å². The Morgan fingerprint density at radius 2 is 1.59 bits per heavy atom. The predicted molar refractivity (Wildman–Crippen MR) is 159 cm³/mol. The molecule has 5 saturated carbocycles. The van der Waals surface area contributed by atoms with Gasteiger partial charge in [0, 0.05) is 12.3 Å². The van der Waals surface area contributed by atoms with E-state index in [-0.39, 0.29) is 52.2 Å². The minimum absolute atomic E-state index is 0.0187. The summed E-state index contributed by atoms with van der Waals surface area (Å²) in [6.07, 6.45) is 9.22. The number of carbonyl (C=O) groups is 2. The SMILES string of the molecule is C=C(C)[C@@H]1CC[C@]2(C(=O)OC[C@H](O)CO)CC[C@]3(C)C(CCC4[C@@]5(C)CC[C@H](OC(C)=O)C(C)(C)C5CC[C@]43C)C12. The molecule has 5 rings (SSSR count). The summed E-state index contributed by atoms with van der Waals surface area (Å²) in [5.74, 6) is 1.70. The summed E-state index contributed by atoms with van der Waals surface area (Å²) >= 11 is 0. The van der Waals surface area contributed by atoms with E-state index < -0.39 is 18.1 Å². The lowest BCUT2D eigenvalue weighted by atomic mass is 9.32. The van der Waals surface area contributed by atoms with Gasteiger partial charge in [0.1, 0.15) is 18.8 Å². The van der Waals surface area contributed by atoms with Gasteiger partial charge in [-0.15, -0.1) is 0 Å². The van der Waals surface area contributed by atoms with Crippen molar-refractivity contribution in [3.8, 4) is 0 Å². The predicted octanol–water partition coefficient (Wildman–Crippen LogP) is 6.47. The highest BCUT2D eigenvalue weighted by molar-refractivity contribution is 5.78. The minimum atomic E-state index is -1.04. The molecule has 5 aliphatic rings. The van der Waals surface area contributed by atoms with Crippen molar-refractivity contribution in [1.29, 1.82) is 0 Å². The molecule has 41 heavy (non-hydrogen) atoms. The van der Waals surface area contributed by atoms with Crippen molar-refractivity contribution in [2.75, 3.05) is 13.2 Å². The van der Waals surface area contributed by atoms with Gasteiger partial charge >= 0.3 is 11.9 Å². The van der Waals surface area contributed by atoms with Gasteiger partial charge in [0.25, 0.3) is 0 Å². The molecule has 0 aromatic heterocycles. The van der Waals surface area contributed by atoms with E-state index >= 15 is 0 Å². The molecule has 0 bridgehead atoms. The van der Waals surface area contributed by atoms with E-state index in [9.17, 15) is 19.8 Å². The Morgan fingerprint density at radius 3 is 2.22 bits per heavy atom. The van der Waals surface area contributed by atoms with E-state index in [1.807, 2.05) is 0 Å². The summed E-state index contributed by atoms with van der Waals surface area (Å²) in [6, 6.07) is 0. The smallest absolute Gasteiger partial charge is 0.312 e. The summed E-state index contributed by atoms with van der Waals surface area (Å²) in [5.41, 5.74) is 1.06. The molecule has 0 aromatic rings. The average molecular weight is 573 g/mol. The van der Waals surface area contributed by atoms with Crippen molar-refractivity contribution in [1.82, 2.24) is 0 Å². The quantitative estimate of drug-likeness (QED) is 0.280. The van der Waals surface area contributed by atoms with Crippen molar-refractivity contribution in [2.45, 2.75) is 125 Å². The van der Waals surface area contributed by atoms with E-state index in [4.69, 9.17) is 9.47 Å². The van der Waals surface area contributed by atoms with E-state index in [0.717, 1.165) is 51.4 Å². The lowest BCUT2D eigenvalue weighted by molar-refractivity contribution is -0.251. The van der Waals surface area contributed by atoms with Crippen molar-refractivity contribution in [3.63, 3.8) is 0 Å². The molecule has 4 unspecified atom stereocenters. The molecule has 6 heteroatoms. The second-order valence-corrected chi connectivity index (χ2v) is 16.2. The van der Waals surface area contributed by atoms with Gasteiger partial charge in [0.05, 0.1) is 12.0 Å². The van der Waals surface area contributed by atoms with Crippen LogP contribution in [0.2, 0.25) is 0 Å². The van der Waals surface area contributed by atoms with Gasteiger partial charge in [-0.25, -0.2) is 0 Å². The van der Waals surface area contributed by atoms with Crippen LogP contribution in [0.5, 0.6) is 0 Å². The van der Waals surface area contributed by atoms with Crippen molar-refractivity contribution in [2.24, 2.45) is 56.7 Å². The van der Waals surface area contributed by atoms with Gasteiger partial charge in [0.2, 0.25) is 0 Å². The van der Waals surface area contributed by atoms with Crippen molar-refractivity contribution < 1.29 is 29.3 Å². The third-order valence-corrected chi connectivity index (χ3v) is 14.3. The minimum Gasteiger partial charge on any atom is -0.462 e. The standard InChI is InChI=1S/C35H56O6/c1-21(2)24-11-16-35(30(39)40-20-23(38)19-36)18-17-33(7)25(29(24)35)9-10-27-32(6)14-13-28(41-22(3)37)31(4,5)26(32)12-15-34(27,33)8/h23-29,36,38H,1,9-20H2,2-8H3/t23-,24+,25?,26?,27?,28+,29?,32+,33-,34-,35+/m1/s1. The molecule has 0 aliphatic heterocycles. The van der Waals surface area contributed by atoms with Crippen molar-refractivity contribution >= 4 is 11.9 Å². The van der Waals surface area contributed by atoms with Gasteiger partial charge in [-0.1, -0.05) is 46.8 Å². The third kappa shape index (κ3) is 4.38. The fourth-order valence-corrected chi connectivity index (χ4v) is 12.3. The summed E-state index contributed by atoms with van der Waals surface area (Å²) in [7, 11) is 0. The highest BCUT2D eigenvalue weighted by Crippen LogP contribution is 2.77. The van der Waals surface area contributed by atoms with Crippen molar-refractivity contribution in [3.05, 3.63) is 12.2 Å². The number of rotatable bonds is 6. The van der Waals surface area contributed by atoms with E-state index in [1.165, 1.54) is 18.4 Å². The molecule has 0 heterocycles.